The lowest BCUT2D eigenvalue weighted by Crippen LogP contribution is -2.23. The third kappa shape index (κ3) is 3.12. The number of halogens is 2. The molecule has 0 saturated carbocycles. The van der Waals surface area contributed by atoms with Gasteiger partial charge in [-0.15, -0.1) is 0 Å². The second-order valence-electron chi connectivity index (χ2n) is 4.49. The Labute approximate surface area is 115 Å². The van der Waals surface area contributed by atoms with Gasteiger partial charge in [-0.2, -0.15) is 0 Å². The zero-order chi connectivity index (χ0) is 14.7. The first kappa shape index (κ1) is 14.0. The van der Waals surface area contributed by atoms with E-state index < -0.39 is 11.6 Å². The van der Waals surface area contributed by atoms with Crippen LogP contribution < -0.4 is 11.1 Å². The van der Waals surface area contributed by atoms with E-state index in [0.29, 0.717) is 11.3 Å². The molecule has 2 rings (SSSR count). The highest BCUT2D eigenvalue weighted by Crippen LogP contribution is 2.13. The number of nitrogens with one attached hydrogen (secondary N) is 1. The van der Waals surface area contributed by atoms with E-state index in [-0.39, 0.29) is 18.0 Å². The van der Waals surface area contributed by atoms with Crippen LogP contribution in [-0.4, -0.2) is 5.91 Å². The molecule has 1 amide bonds. The summed E-state index contributed by atoms with van der Waals surface area (Å²) in [7, 11) is 0. The summed E-state index contributed by atoms with van der Waals surface area (Å²) in [6.45, 7) is 1.82. The quantitative estimate of drug-likeness (QED) is 0.847. The number of nitrogens with two attached hydrogens (primary N) is 1. The van der Waals surface area contributed by atoms with Gasteiger partial charge in [0.2, 0.25) is 0 Å². The summed E-state index contributed by atoms with van der Waals surface area (Å²) < 4.78 is 26.2. The van der Waals surface area contributed by atoms with E-state index >= 15 is 0 Å². The highest BCUT2D eigenvalue weighted by molar-refractivity contribution is 5.95. The number of benzene rings is 2. The first-order valence-electron chi connectivity index (χ1n) is 6.05. The molecule has 104 valence electrons. The smallest absolute Gasteiger partial charge is 0.251 e. The van der Waals surface area contributed by atoms with Crippen molar-refractivity contribution in [3.63, 3.8) is 0 Å². The van der Waals surface area contributed by atoms with Crippen molar-refractivity contribution in [3.8, 4) is 0 Å². The number of carbonyl (C=O) groups excluding carboxylic acids is 1. The summed E-state index contributed by atoms with van der Waals surface area (Å²) in [4.78, 5) is 11.9. The standard InChI is InChI=1S/C15H14F2N2O/c1-9-2-3-10(6-14(9)18)15(20)19-8-11-4-5-12(16)7-13(11)17/h2-7H,8,18H2,1H3,(H,19,20). The molecule has 0 fully saturated rings. The minimum absolute atomic E-state index is 0.0152. The highest BCUT2D eigenvalue weighted by Gasteiger charge is 2.09. The van der Waals surface area contributed by atoms with Crippen molar-refractivity contribution in [2.75, 3.05) is 5.73 Å². The molecule has 0 aliphatic carbocycles. The van der Waals surface area contributed by atoms with Gasteiger partial charge in [0.05, 0.1) is 0 Å². The number of rotatable bonds is 3. The van der Waals surface area contributed by atoms with Crippen molar-refractivity contribution in [2.24, 2.45) is 0 Å². The van der Waals surface area contributed by atoms with Gasteiger partial charge < -0.3 is 11.1 Å². The second-order valence-corrected chi connectivity index (χ2v) is 4.49. The van der Waals surface area contributed by atoms with Crippen LogP contribution in [0.4, 0.5) is 14.5 Å². The average molecular weight is 276 g/mol. The molecule has 3 N–H and O–H groups in total. The van der Waals surface area contributed by atoms with Crippen LogP contribution in [0, 0.1) is 18.6 Å². The van der Waals surface area contributed by atoms with Gasteiger partial charge in [0, 0.05) is 29.4 Å². The Bertz CT molecular complexity index is 656. The molecule has 0 aliphatic rings. The summed E-state index contributed by atoms with van der Waals surface area (Å²) >= 11 is 0. The van der Waals surface area contributed by atoms with Crippen molar-refractivity contribution in [1.29, 1.82) is 0 Å². The number of anilines is 1. The minimum Gasteiger partial charge on any atom is -0.398 e. The van der Waals surface area contributed by atoms with Crippen LogP contribution in [0.5, 0.6) is 0 Å². The first-order valence-corrected chi connectivity index (χ1v) is 6.05. The molecule has 0 saturated heterocycles. The van der Waals surface area contributed by atoms with Gasteiger partial charge in [-0.25, -0.2) is 8.78 Å². The van der Waals surface area contributed by atoms with E-state index in [0.717, 1.165) is 17.7 Å². The van der Waals surface area contributed by atoms with Gasteiger partial charge in [0.15, 0.2) is 0 Å². The molecular weight excluding hydrogens is 262 g/mol. The normalized spacial score (nSPS) is 10.3. The number of nitrogen functional groups attached to an aromatic ring is 1. The lowest BCUT2D eigenvalue weighted by Gasteiger charge is -2.08. The topological polar surface area (TPSA) is 55.1 Å². The molecule has 0 spiro atoms. The fourth-order valence-corrected chi connectivity index (χ4v) is 1.72. The Hall–Kier alpha value is -2.43. The SMILES string of the molecule is Cc1ccc(C(=O)NCc2ccc(F)cc2F)cc1N. The Morgan fingerprint density at radius 2 is 1.95 bits per heavy atom. The van der Waals surface area contributed by atoms with Gasteiger partial charge in [-0.3, -0.25) is 4.79 Å². The summed E-state index contributed by atoms with van der Waals surface area (Å²) in [5.74, 6) is -1.70. The van der Waals surface area contributed by atoms with Gasteiger partial charge in [-0.05, 0) is 30.7 Å². The fraction of sp³-hybridized carbons (Fsp3) is 0.133. The zero-order valence-corrected chi connectivity index (χ0v) is 10.9. The fourth-order valence-electron chi connectivity index (χ4n) is 1.72. The predicted octanol–water partition coefficient (Wildman–Crippen LogP) is 2.79. The van der Waals surface area contributed by atoms with Crippen LogP contribution in [0.15, 0.2) is 36.4 Å². The van der Waals surface area contributed by atoms with E-state index in [9.17, 15) is 13.6 Å². The second kappa shape index (κ2) is 5.69. The Morgan fingerprint density at radius 3 is 2.60 bits per heavy atom. The summed E-state index contributed by atoms with van der Waals surface area (Å²) in [6.07, 6.45) is 0. The average Bonchev–Trinajstić information content (AvgIpc) is 2.40. The molecule has 0 unspecified atom stereocenters. The first-order chi connectivity index (χ1) is 9.47. The Morgan fingerprint density at radius 1 is 1.20 bits per heavy atom. The molecule has 2 aromatic rings. The number of carbonyl (C=O) groups is 1. The van der Waals surface area contributed by atoms with Crippen molar-refractivity contribution < 1.29 is 13.6 Å². The highest BCUT2D eigenvalue weighted by atomic mass is 19.1. The molecule has 5 heteroatoms. The van der Waals surface area contributed by atoms with Gasteiger partial charge in [0.25, 0.3) is 5.91 Å². The van der Waals surface area contributed by atoms with Crippen LogP contribution in [0.25, 0.3) is 0 Å². The van der Waals surface area contributed by atoms with Gasteiger partial charge >= 0.3 is 0 Å². The summed E-state index contributed by atoms with van der Waals surface area (Å²) in [5, 5.41) is 2.57. The molecule has 20 heavy (non-hydrogen) atoms. The largest absolute Gasteiger partial charge is 0.398 e. The van der Waals surface area contributed by atoms with Crippen LogP contribution >= 0.6 is 0 Å². The molecule has 0 heterocycles. The maximum absolute atomic E-state index is 13.4. The van der Waals surface area contributed by atoms with E-state index in [2.05, 4.69) is 5.32 Å². The molecule has 0 bridgehead atoms. The van der Waals surface area contributed by atoms with Gasteiger partial charge in [0.1, 0.15) is 11.6 Å². The monoisotopic (exact) mass is 276 g/mol. The third-order valence-electron chi connectivity index (χ3n) is 3.00. The Balaban J connectivity index is 2.06. The number of aryl methyl sites for hydroxylation is 1. The molecule has 0 aromatic heterocycles. The van der Waals surface area contributed by atoms with Crippen molar-refractivity contribution in [3.05, 3.63) is 64.7 Å². The zero-order valence-electron chi connectivity index (χ0n) is 10.9. The van der Waals surface area contributed by atoms with Crippen LogP contribution in [-0.2, 0) is 6.54 Å². The minimum atomic E-state index is -0.686. The maximum Gasteiger partial charge on any atom is 0.251 e. The van der Waals surface area contributed by atoms with Crippen molar-refractivity contribution in [1.82, 2.24) is 5.32 Å². The predicted molar refractivity (Wildman–Crippen MR) is 73.1 cm³/mol. The van der Waals surface area contributed by atoms with Crippen LogP contribution in [0.3, 0.4) is 0 Å². The molecule has 0 atom stereocenters. The lowest BCUT2D eigenvalue weighted by molar-refractivity contribution is 0.0950. The van der Waals surface area contributed by atoms with Crippen molar-refractivity contribution in [2.45, 2.75) is 13.5 Å². The van der Waals surface area contributed by atoms with E-state index in [4.69, 9.17) is 5.73 Å². The van der Waals surface area contributed by atoms with E-state index in [1.807, 2.05) is 6.92 Å². The van der Waals surface area contributed by atoms with E-state index in [1.54, 1.807) is 18.2 Å². The number of hydrogen-bond acceptors (Lipinski definition) is 2. The van der Waals surface area contributed by atoms with Crippen LogP contribution in [0.1, 0.15) is 21.5 Å². The maximum atomic E-state index is 13.4. The Kier molecular flexibility index (Phi) is 3.98. The summed E-state index contributed by atoms with van der Waals surface area (Å²) in [6, 6.07) is 8.17. The molecule has 2 aromatic carbocycles. The summed E-state index contributed by atoms with van der Waals surface area (Å²) in [5.41, 5.74) is 7.75. The number of amides is 1. The van der Waals surface area contributed by atoms with E-state index in [1.165, 1.54) is 6.07 Å². The third-order valence-corrected chi connectivity index (χ3v) is 3.00. The van der Waals surface area contributed by atoms with Gasteiger partial charge in [-0.1, -0.05) is 12.1 Å². The lowest BCUT2D eigenvalue weighted by atomic mass is 10.1. The molecule has 0 aliphatic heterocycles. The molecule has 3 nitrogen and oxygen atoms in total. The molecular formula is C15H14F2N2O. The van der Waals surface area contributed by atoms with Crippen LogP contribution in [0.2, 0.25) is 0 Å². The number of hydrogen-bond donors (Lipinski definition) is 2. The van der Waals surface area contributed by atoms with Crippen molar-refractivity contribution >= 4 is 11.6 Å². The molecule has 0 radical (unpaired) electrons.